The minimum absolute atomic E-state index is 0.445. The lowest BCUT2D eigenvalue weighted by Gasteiger charge is -1.95. The van der Waals surface area contributed by atoms with Gasteiger partial charge in [0, 0.05) is 24.7 Å². The number of nitrogens with two attached hydrogens (primary N) is 2. The summed E-state index contributed by atoms with van der Waals surface area (Å²) in [5.74, 6) is 0. The first-order chi connectivity index (χ1) is 6.22. The van der Waals surface area contributed by atoms with Crippen LogP contribution in [0, 0.1) is 0 Å². The van der Waals surface area contributed by atoms with E-state index in [9.17, 15) is 0 Å². The first-order valence-corrected chi connectivity index (χ1v) is 4.13. The fourth-order valence-corrected chi connectivity index (χ4v) is 1.51. The molecular formula is C9H12N4. The number of rotatable bonds is 1. The van der Waals surface area contributed by atoms with Crippen molar-refractivity contribution in [3.63, 3.8) is 0 Å². The van der Waals surface area contributed by atoms with Crippen LogP contribution >= 0.6 is 0 Å². The minimum atomic E-state index is 0.445. The zero-order valence-electron chi connectivity index (χ0n) is 7.49. The lowest BCUT2D eigenvalue weighted by molar-refractivity contribution is 0.766. The lowest BCUT2D eigenvalue weighted by atomic mass is 10.2. The van der Waals surface area contributed by atoms with E-state index in [1.54, 1.807) is 0 Å². The number of nitrogens with zero attached hydrogens (tertiary/aromatic N) is 2. The van der Waals surface area contributed by atoms with E-state index >= 15 is 0 Å². The van der Waals surface area contributed by atoms with E-state index in [-0.39, 0.29) is 0 Å². The molecule has 1 heterocycles. The number of aromatic nitrogens is 2. The highest BCUT2D eigenvalue weighted by Crippen LogP contribution is 2.20. The average Bonchev–Trinajstić information content (AvgIpc) is 2.42. The monoisotopic (exact) mass is 176 g/mol. The van der Waals surface area contributed by atoms with Gasteiger partial charge < -0.3 is 11.5 Å². The molecule has 4 nitrogen and oxygen atoms in total. The molecule has 0 saturated heterocycles. The van der Waals surface area contributed by atoms with Crippen LogP contribution in [0.5, 0.6) is 0 Å². The largest absolute Gasteiger partial charge is 0.399 e. The second-order valence-electron chi connectivity index (χ2n) is 3.05. The summed E-state index contributed by atoms with van der Waals surface area (Å²) in [5, 5.41) is 5.33. The summed E-state index contributed by atoms with van der Waals surface area (Å²) < 4.78 is 1.82. The van der Waals surface area contributed by atoms with Crippen molar-refractivity contribution in [1.29, 1.82) is 0 Å². The van der Waals surface area contributed by atoms with Gasteiger partial charge in [0.1, 0.15) is 0 Å². The van der Waals surface area contributed by atoms with Crippen LogP contribution in [0.1, 0.15) is 5.69 Å². The fourth-order valence-electron chi connectivity index (χ4n) is 1.51. The molecule has 4 heteroatoms. The van der Waals surface area contributed by atoms with Crippen molar-refractivity contribution < 1.29 is 0 Å². The van der Waals surface area contributed by atoms with Gasteiger partial charge in [-0.25, -0.2) is 0 Å². The molecule has 0 aliphatic heterocycles. The van der Waals surface area contributed by atoms with E-state index in [0.717, 1.165) is 22.3 Å². The van der Waals surface area contributed by atoms with Crippen LogP contribution in [-0.4, -0.2) is 9.78 Å². The Morgan fingerprint density at radius 2 is 2.23 bits per heavy atom. The molecule has 13 heavy (non-hydrogen) atoms. The van der Waals surface area contributed by atoms with Gasteiger partial charge in [0.25, 0.3) is 0 Å². The molecular weight excluding hydrogens is 164 g/mol. The number of nitrogen functional groups attached to an aromatic ring is 1. The third-order valence-corrected chi connectivity index (χ3v) is 2.14. The topological polar surface area (TPSA) is 69.9 Å². The van der Waals surface area contributed by atoms with Gasteiger partial charge in [0.15, 0.2) is 0 Å². The summed E-state index contributed by atoms with van der Waals surface area (Å²) >= 11 is 0. The van der Waals surface area contributed by atoms with Crippen LogP contribution in [0.25, 0.3) is 10.9 Å². The summed E-state index contributed by atoms with van der Waals surface area (Å²) in [5.41, 5.74) is 13.9. The van der Waals surface area contributed by atoms with Crippen molar-refractivity contribution >= 4 is 16.6 Å². The van der Waals surface area contributed by atoms with Gasteiger partial charge in [-0.05, 0) is 18.2 Å². The Hall–Kier alpha value is -1.55. The number of fused-ring (bicyclic) bond motifs is 1. The number of anilines is 1. The van der Waals surface area contributed by atoms with Crippen molar-refractivity contribution in [2.24, 2.45) is 12.8 Å². The highest BCUT2D eigenvalue weighted by Gasteiger charge is 2.06. The summed E-state index contributed by atoms with van der Waals surface area (Å²) in [6.07, 6.45) is 0. The molecule has 0 radical (unpaired) electrons. The molecule has 0 spiro atoms. The highest BCUT2D eigenvalue weighted by molar-refractivity contribution is 5.84. The summed E-state index contributed by atoms with van der Waals surface area (Å²) in [6, 6.07) is 5.73. The zero-order chi connectivity index (χ0) is 9.42. The van der Waals surface area contributed by atoms with Gasteiger partial charge in [-0.2, -0.15) is 5.10 Å². The number of hydrogen-bond acceptors (Lipinski definition) is 3. The Morgan fingerprint density at radius 3 is 2.92 bits per heavy atom. The summed E-state index contributed by atoms with van der Waals surface area (Å²) in [4.78, 5) is 0. The molecule has 0 aliphatic carbocycles. The molecule has 0 atom stereocenters. The predicted octanol–water partition coefficient (Wildman–Crippen LogP) is 0.614. The Morgan fingerprint density at radius 1 is 1.46 bits per heavy atom. The first-order valence-electron chi connectivity index (χ1n) is 4.13. The number of hydrogen-bond donors (Lipinski definition) is 2. The van der Waals surface area contributed by atoms with E-state index in [0.29, 0.717) is 6.54 Å². The van der Waals surface area contributed by atoms with Crippen molar-refractivity contribution in [3.05, 3.63) is 23.9 Å². The average molecular weight is 176 g/mol. The SMILES string of the molecule is Cn1nc(CN)c2cc(N)ccc21. The molecule has 1 aromatic heterocycles. The highest BCUT2D eigenvalue weighted by atomic mass is 15.3. The molecule has 4 N–H and O–H groups in total. The van der Waals surface area contributed by atoms with E-state index in [1.807, 2.05) is 29.9 Å². The third kappa shape index (κ3) is 1.15. The van der Waals surface area contributed by atoms with Gasteiger partial charge in [-0.15, -0.1) is 0 Å². The molecule has 0 fully saturated rings. The molecule has 2 rings (SSSR count). The summed E-state index contributed by atoms with van der Waals surface area (Å²) in [6.45, 7) is 0.445. The van der Waals surface area contributed by atoms with Gasteiger partial charge in [0.2, 0.25) is 0 Å². The van der Waals surface area contributed by atoms with Crippen molar-refractivity contribution in [2.75, 3.05) is 5.73 Å². The summed E-state index contributed by atoms with van der Waals surface area (Å²) in [7, 11) is 1.90. The Bertz CT molecular complexity index is 444. The van der Waals surface area contributed by atoms with Gasteiger partial charge in [-0.1, -0.05) is 0 Å². The maximum Gasteiger partial charge on any atom is 0.0839 e. The van der Waals surface area contributed by atoms with Crippen LogP contribution < -0.4 is 11.5 Å². The van der Waals surface area contributed by atoms with Crippen LogP contribution in [0.4, 0.5) is 5.69 Å². The molecule has 0 unspecified atom stereocenters. The predicted molar refractivity (Wildman–Crippen MR) is 53.0 cm³/mol. The maximum absolute atomic E-state index is 5.68. The van der Waals surface area contributed by atoms with E-state index in [1.165, 1.54) is 0 Å². The number of aryl methyl sites for hydroxylation is 1. The zero-order valence-corrected chi connectivity index (χ0v) is 7.49. The Labute approximate surface area is 76.1 Å². The third-order valence-electron chi connectivity index (χ3n) is 2.14. The van der Waals surface area contributed by atoms with Crippen molar-refractivity contribution in [1.82, 2.24) is 9.78 Å². The van der Waals surface area contributed by atoms with Crippen LogP contribution in [0.15, 0.2) is 18.2 Å². The molecule has 0 bridgehead atoms. The maximum atomic E-state index is 5.68. The normalized spacial score (nSPS) is 10.9. The van der Waals surface area contributed by atoms with Gasteiger partial charge in [0.05, 0.1) is 11.2 Å². The van der Waals surface area contributed by atoms with E-state index in [2.05, 4.69) is 5.10 Å². The standard InChI is InChI=1S/C9H12N4/c1-13-9-3-2-6(11)4-7(9)8(5-10)12-13/h2-4H,5,10-11H2,1H3. The molecule has 1 aromatic carbocycles. The number of benzene rings is 1. The van der Waals surface area contributed by atoms with Crippen molar-refractivity contribution in [2.45, 2.75) is 6.54 Å². The Balaban J connectivity index is 2.81. The van der Waals surface area contributed by atoms with Crippen LogP contribution in [0.3, 0.4) is 0 Å². The molecule has 0 amide bonds. The van der Waals surface area contributed by atoms with Crippen molar-refractivity contribution in [3.8, 4) is 0 Å². The Kier molecular flexibility index (Phi) is 1.70. The van der Waals surface area contributed by atoms with Gasteiger partial charge >= 0.3 is 0 Å². The minimum Gasteiger partial charge on any atom is -0.399 e. The second-order valence-corrected chi connectivity index (χ2v) is 3.05. The van der Waals surface area contributed by atoms with Crippen LogP contribution in [0.2, 0.25) is 0 Å². The fraction of sp³-hybridized carbons (Fsp3) is 0.222. The first kappa shape index (κ1) is 8.07. The lowest BCUT2D eigenvalue weighted by Crippen LogP contribution is -1.98. The second kappa shape index (κ2) is 2.74. The molecule has 68 valence electrons. The van der Waals surface area contributed by atoms with E-state index in [4.69, 9.17) is 11.5 Å². The molecule has 0 aliphatic rings. The van der Waals surface area contributed by atoms with E-state index < -0.39 is 0 Å². The molecule has 0 saturated carbocycles. The van der Waals surface area contributed by atoms with Crippen LogP contribution in [-0.2, 0) is 13.6 Å². The van der Waals surface area contributed by atoms with Gasteiger partial charge in [-0.3, -0.25) is 4.68 Å². The quantitative estimate of drug-likeness (QED) is 0.625. The molecule has 2 aromatic rings. The smallest absolute Gasteiger partial charge is 0.0839 e.